The molecule has 3 nitrogen and oxygen atoms in total. The number of amides is 1. The van der Waals surface area contributed by atoms with Crippen LogP contribution in [0.1, 0.15) is 60.5 Å². The third-order valence-electron chi connectivity index (χ3n) is 3.88. The molecule has 0 saturated heterocycles. The van der Waals surface area contributed by atoms with Crippen molar-refractivity contribution >= 4 is 17.4 Å². The fourth-order valence-electron chi connectivity index (χ4n) is 2.92. The number of rotatable bonds is 6. The van der Waals surface area contributed by atoms with Gasteiger partial charge in [0.25, 0.3) is 11.7 Å². The number of fused-ring (bicyclic) bond motifs is 1. The van der Waals surface area contributed by atoms with Gasteiger partial charge in [-0.15, -0.1) is 0 Å². The Morgan fingerprint density at radius 2 is 1.70 bits per heavy atom. The molecule has 0 spiro atoms. The van der Waals surface area contributed by atoms with Gasteiger partial charge in [0, 0.05) is 6.54 Å². The lowest BCUT2D eigenvalue weighted by Crippen LogP contribution is -2.31. The number of hydrogen-bond donors (Lipinski definition) is 0. The van der Waals surface area contributed by atoms with Gasteiger partial charge < -0.3 is 4.90 Å². The third-order valence-corrected chi connectivity index (χ3v) is 3.88. The highest BCUT2D eigenvalue weighted by Crippen LogP contribution is 2.33. The first-order chi connectivity index (χ1) is 9.56. The third kappa shape index (κ3) is 2.77. The van der Waals surface area contributed by atoms with Crippen LogP contribution < -0.4 is 4.90 Å². The van der Waals surface area contributed by atoms with E-state index in [2.05, 4.69) is 6.92 Å². The van der Waals surface area contributed by atoms with Crippen LogP contribution in [0.25, 0.3) is 0 Å². The Bertz CT molecular complexity index is 534. The van der Waals surface area contributed by atoms with Crippen molar-refractivity contribution in [2.24, 2.45) is 0 Å². The number of hydrogen-bond acceptors (Lipinski definition) is 2. The van der Waals surface area contributed by atoms with Crippen LogP contribution in [0.4, 0.5) is 5.69 Å². The Hall–Kier alpha value is -1.64. The maximum absolute atomic E-state index is 12.1. The molecule has 0 saturated carbocycles. The zero-order valence-corrected chi connectivity index (χ0v) is 12.7. The fraction of sp³-hybridized carbons (Fsp3) is 0.529. The molecule has 0 fully saturated rings. The highest BCUT2D eigenvalue weighted by atomic mass is 16.2. The molecular formula is C17H23NO2. The quantitative estimate of drug-likeness (QED) is 0.584. The Morgan fingerprint density at radius 3 is 2.40 bits per heavy atom. The largest absolute Gasteiger partial charge is 0.304 e. The van der Waals surface area contributed by atoms with Crippen molar-refractivity contribution in [2.75, 3.05) is 11.4 Å². The molecule has 1 aliphatic heterocycles. The molecule has 0 aliphatic carbocycles. The van der Waals surface area contributed by atoms with E-state index in [4.69, 9.17) is 0 Å². The monoisotopic (exact) mass is 273 g/mol. The Morgan fingerprint density at radius 1 is 1.00 bits per heavy atom. The van der Waals surface area contributed by atoms with Crippen LogP contribution in [0.3, 0.4) is 0 Å². The number of unbranched alkanes of at least 4 members (excludes halogenated alkanes) is 4. The van der Waals surface area contributed by atoms with Crippen LogP contribution in [-0.2, 0) is 4.79 Å². The molecule has 0 atom stereocenters. The lowest BCUT2D eigenvalue weighted by molar-refractivity contribution is -0.114. The van der Waals surface area contributed by atoms with Gasteiger partial charge in [-0.05, 0) is 37.5 Å². The van der Waals surface area contributed by atoms with Gasteiger partial charge in [0.05, 0.1) is 11.3 Å². The van der Waals surface area contributed by atoms with Crippen LogP contribution in [0.15, 0.2) is 12.1 Å². The molecule has 2 rings (SSSR count). The van der Waals surface area contributed by atoms with E-state index in [9.17, 15) is 9.59 Å². The second-order valence-electron chi connectivity index (χ2n) is 5.68. The number of aryl methyl sites for hydroxylation is 2. The summed E-state index contributed by atoms with van der Waals surface area (Å²) < 4.78 is 0. The summed E-state index contributed by atoms with van der Waals surface area (Å²) in [5.41, 5.74) is 3.47. The molecule has 0 N–H and O–H groups in total. The van der Waals surface area contributed by atoms with Gasteiger partial charge in [-0.2, -0.15) is 0 Å². The number of ketones is 1. The molecule has 1 aromatic carbocycles. The van der Waals surface area contributed by atoms with Gasteiger partial charge in [-0.25, -0.2) is 0 Å². The second kappa shape index (κ2) is 6.21. The van der Waals surface area contributed by atoms with E-state index in [1.54, 1.807) is 4.90 Å². The maximum Gasteiger partial charge on any atom is 0.299 e. The molecule has 20 heavy (non-hydrogen) atoms. The van der Waals surface area contributed by atoms with Crippen LogP contribution in [0, 0.1) is 13.8 Å². The zero-order chi connectivity index (χ0) is 14.7. The van der Waals surface area contributed by atoms with Crippen LogP contribution in [0.2, 0.25) is 0 Å². The van der Waals surface area contributed by atoms with Crippen molar-refractivity contribution < 1.29 is 9.59 Å². The lowest BCUT2D eigenvalue weighted by atomic mass is 10.0. The average Bonchev–Trinajstić information content (AvgIpc) is 2.64. The van der Waals surface area contributed by atoms with Crippen molar-refractivity contribution in [1.82, 2.24) is 0 Å². The van der Waals surface area contributed by atoms with Gasteiger partial charge in [-0.3, -0.25) is 9.59 Å². The molecular weight excluding hydrogens is 250 g/mol. The van der Waals surface area contributed by atoms with Gasteiger partial charge in [-0.1, -0.05) is 38.7 Å². The summed E-state index contributed by atoms with van der Waals surface area (Å²) in [5, 5.41) is 0. The molecule has 1 amide bonds. The minimum absolute atomic E-state index is 0.347. The van der Waals surface area contributed by atoms with E-state index < -0.39 is 0 Å². The fourth-order valence-corrected chi connectivity index (χ4v) is 2.92. The molecule has 108 valence electrons. The maximum atomic E-state index is 12.1. The van der Waals surface area contributed by atoms with Gasteiger partial charge in [0.1, 0.15) is 0 Å². The van der Waals surface area contributed by atoms with Gasteiger partial charge in [0.15, 0.2) is 0 Å². The first-order valence-corrected chi connectivity index (χ1v) is 7.53. The zero-order valence-electron chi connectivity index (χ0n) is 12.7. The number of nitrogens with zero attached hydrogens (tertiary/aromatic N) is 1. The van der Waals surface area contributed by atoms with E-state index in [0.29, 0.717) is 12.1 Å². The number of carbonyl (C=O) groups is 2. The van der Waals surface area contributed by atoms with Crippen LogP contribution in [-0.4, -0.2) is 18.2 Å². The average molecular weight is 273 g/mol. The summed E-state index contributed by atoms with van der Waals surface area (Å²) in [5.74, 6) is -0.704. The molecule has 0 radical (unpaired) electrons. The van der Waals surface area contributed by atoms with Gasteiger partial charge in [0.2, 0.25) is 0 Å². The van der Waals surface area contributed by atoms with Crippen molar-refractivity contribution in [1.29, 1.82) is 0 Å². The molecule has 1 heterocycles. The highest BCUT2D eigenvalue weighted by Gasteiger charge is 2.36. The normalized spacial score (nSPS) is 14.1. The minimum Gasteiger partial charge on any atom is -0.304 e. The van der Waals surface area contributed by atoms with Crippen LogP contribution in [0.5, 0.6) is 0 Å². The topological polar surface area (TPSA) is 37.4 Å². The summed E-state index contributed by atoms with van der Waals surface area (Å²) >= 11 is 0. The predicted molar refractivity (Wildman–Crippen MR) is 81.4 cm³/mol. The molecule has 1 aromatic rings. The highest BCUT2D eigenvalue weighted by molar-refractivity contribution is 6.52. The summed E-state index contributed by atoms with van der Waals surface area (Å²) in [7, 11) is 0. The summed E-state index contributed by atoms with van der Waals surface area (Å²) in [6.07, 6.45) is 5.73. The number of anilines is 1. The number of benzene rings is 1. The first-order valence-electron chi connectivity index (χ1n) is 7.53. The lowest BCUT2D eigenvalue weighted by Gasteiger charge is -2.18. The Labute approximate surface area is 121 Å². The summed E-state index contributed by atoms with van der Waals surface area (Å²) in [6.45, 7) is 6.77. The van der Waals surface area contributed by atoms with Crippen molar-refractivity contribution in [2.45, 2.75) is 52.9 Å². The smallest absolute Gasteiger partial charge is 0.299 e. The minimum atomic E-state index is -0.357. The number of Topliss-reactive ketones (excluding diaryl/α,β-unsaturated/α-hetero) is 1. The van der Waals surface area contributed by atoms with E-state index in [-0.39, 0.29) is 11.7 Å². The van der Waals surface area contributed by atoms with E-state index in [1.165, 1.54) is 19.3 Å². The summed E-state index contributed by atoms with van der Waals surface area (Å²) in [6, 6.07) is 3.87. The van der Waals surface area contributed by atoms with Crippen molar-refractivity contribution in [3.8, 4) is 0 Å². The summed E-state index contributed by atoms with van der Waals surface area (Å²) in [4.78, 5) is 25.9. The second-order valence-corrected chi connectivity index (χ2v) is 5.68. The SMILES string of the molecule is CCCCCCCN1C(=O)C(=O)c2cc(C)cc(C)c21. The number of carbonyl (C=O) groups excluding carboxylic acids is 2. The Balaban J connectivity index is 2.12. The molecule has 0 aromatic heterocycles. The van der Waals surface area contributed by atoms with Crippen molar-refractivity contribution in [3.05, 3.63) is 28.8 Å². The van der Waals surface area contributed by atoms with E-state index >= 15 is 0 Å². The van der Waals surface area contributed by atoms with Crippen molar-refractivity contribution in [3.63, 3.8) is 0 Å². The van der Waals surface area contributed by atoms with E-state index in [0.717, 1.165) is 29.7 Å². The molecule has 0 unspecified atom stereocenters. The Kier molecular flexibility index (Phi) is 4.58. The molecule has 0 bridgehead atoms. The van der Waals surface area contributed by atoms with Gasteiger partial charge >= 0.3 is 0 Å². The van der Waals surface area contributed by atoms with Crippen LogP contribution >= 0.6 is 0 Å². The molecule has 1 aliphatic rings. The predicted octanol–water partition coefficient (Wildman–Crippen LogP) is 3.80. The first kappa shape index (κ1) is 14.8. The standard InChI is InChI=1S/C17H23NO2/c1-4-5-6-7-8-9-18-15-13(3)10-12(2)11-14(15)16(19)17(18)20/h10-11H,4-9H2,1-3H3. The van der Waals surface area contributed by atoms with E-state index in [1.807, 2.05) is 26.0 Å². The molecule has 3 heteroatoms.